The van der Waals surface area contributed by atoms with Crippen LogP contribution in [-0.2, 0) is 10.0 Å². The fraction of sp³-hybridized carbons (Fsp3) is 0.0952. The van der Waals surface area contributed by atoms with Crippen molar-refractivity contribution in [2.24, 2.45) is 0 Å². The van der Waals surface area contributed by atoms with Gasteiger partial charge in [0, 0.05) is 16.4 Å². The van der Waals surface area contributed by atoms with Crippen LogP contribution in [0.2, 0.25) is 5.02 Å². The summed E-state index contributed by atoms with van der Waals surface area (Å²) in [6.45, 7) is 3.42. The summed E-state index contributed by atoms with van der Waals surface area (Å²) < 4.78 is 28.2. The van der Waals surface area contributed by atoms with Crippen molar-refractivity contribution < 1.29 is 13.2 Å². The largest absolute Gasteiger partial charge is 0.323 e. The monoisotopic (exact) mass is 429 g/mol. The first kappa shape index (κ1) is 20.7. The molecular weight excluding hydrogens is 410 g/mol. The van der Waals surface area contributed by atoms with Crippen LogP contribution in [0, 0.1) is 13.8 Å². The van der Waals surface area contributed by atoms with Gasteiger partial charge in [-0.15, -0.1) is 0 Å². The van der Waals surface area contributed by atoms with Crippen LogP contribution in [0.5, 0.6) is 0 Å². The van der Waals surface area contributed by atoms with E-state index in [0.29, 0.717) is 33.2 Å². The number of aryl methyl sites for hydroxylation is 1. The van der Waals surface area contributed by atoms with Crippen molar-refractivity contribution in [2.75, 3.05) is 15.4 Å². The van der Waals surface area contributed by atoms with Crippen molar-refractivity contribution in [3.05, 3.63) is 82.9 Å². The second-order valence-electron chi connectivity index (χ2n) is 6.44. The smallest absolute Gasteiger partial charge is 0.308 e. The van der Waals surface area contributed by atoms with Crippen molar-refractivity contribution in [3.63, 3.8) is 0 Å². The molecule has 0 saturated heterocycles. The van der Waals surface area contributed by atoms with E-state index < -0.39 is 16.1 Å². The normalized spacial score (nSPS) is 11.0. The number of hydrogen-bond acceptors (Lipinski definition) is 3. The van der Waals surface area contributed by atoms with Crippen LogP contribution >= 0.6 is 11.6 Å². The molecule has 0 saturated carbocycles. The highest BCUT2D eigenvalue weighted by Crippen LogP contribution is 2.27. The van der Waals surface area contributed by atoms with Crippen LogP contribution < -0.4 is 15.4 Å². The standard InChI is InChI=1S/C21H20ClN3O3S/c1-14-11-12-17(24-21(26)23-16-7-4-3-5-8-16)13-19(14)25-29(27,28)20-10-6-9-18(22)15(20)2/h3-13,25H,1-2H3,(H2,23,24,26). The van der Waals surface area contributed by atoms with Gasteiger partial charge in [-0.1, -0.05) is 41.9 Å². The topological polar surface area (TPSA) is 87.3 Å². The zero-order valence-corrected chi connectivity index (χ0v) is 17.4. The lowest BCUT2D eigenvalue weighted by Gasteiger charge is -2.15. The Morgan fingerprint density at radius 3 is 2.28 bits per heavy atom. The van der Waals surface area contributed by atoms with Gasteiger partial charge < -0.3 is 10.6 Å². The summed E-state index contributed by atoms with van der Waals surface area (Å²) in [6.07, 6.45) is 0. The Labute approximate surface area is 175 Å². The molecule has 2 amide bonds. The van der Waals surface area contributed by atoms with Gasteiger partial charge in [0.25, 0.3) is 10.0 Å². The fourth-order valence-electron chi connectivity index (χ4n) is 2.70. The number of urea groups is 1. The highest BCUT2D eigenvalue weighted by Gasteiger charge is 2.19. The molecule has 0 aliphatic carbocycles. The van der Waals surface area contributed by atoms with Crippen molar-refractivity contribution >= 4 is 44.7 Å². The van der Waals surface area contributed by atoms with E-state index in [4.69, 9.17) is 11.6 Å². The number of anilines is 3. The van der Waals surface area contributed by atoms with Crippen molar-refractivity contribution in [1.82, 2.24) is 0 Å². The van der Waals surface area contributed by atoms with Crippen LogP contribution in [0.1, 0.15) is 11.1 Å². The maximum Gasteiger partial charge on any atom is 0.323 e. The van der Waals surface area contributed by atoms with E-state index in [1.165, 1.54) is 6.07 Å². The Hall–Kier alpha value is -3.03. The molecule has 3 aromatic rings. The number of benzene rings is 3. The average molecular weight is 430 g/mol. The first-order valence-corrected chi connectivity index (χ1v) is 10.6. The molecule has 3 aromatic carbocycles. The molecule has 8 heteroatoms. The Morgan fingerprint density at radius 1 is 0.862 bits per heavy atom. The number of nitrogens with one attached hydrogen (secondary N) is 3. The predicted octanol–water partition coefficient (Wildman–Crippen LogP) is 5.40. The molecule has 6 nitrogen and oxygen atoms in total. The van der Waals surface area contributed by atoms with Crippen LogP contribution in [0.3, 0.4) is 0 Å². The van der Waals surface area contributed by atoms with Crippen LogP contribution in [0.15, 0.2) is 71.6 Å². The van der Waals surface area contributed by atoms with Crippen molar-refractivity contribution in [1.29, 1.82) is 0 Å². The molecule has 150 valence electrons. The molecule has 0 spiro atoms. The van der Waals surface area contributed by atoms with E-state index in [1.807, 2.05) is 18.2 Å². The van der Waals surface area contributed by atoms with E-state index in [9.17, 15) is 13.2 Å². The predicted molar refractivity (Wildman–Crippen MR) is 117 cm³/mol. The summed E-state index contributed by atoms with van der Waals surface area (Å²) in [4.78, 5) is 12.3. The average Bonchev–Trinajstić information content (AvgIpc) is 2.67. The van der Waals surface area contributed by atoms with Crippen LogP contribution in [-0.4, -0.2) is 14.4 Å². The Balaban J connectivity index is 1.80. The molecule has 0 bridgehead atoms. The zero-order chi connectivity index (χ0) is 21.0. The summed E-state index contributed by atoms with van der Waals surface area (Å²) in [5, 5.41) is 5.78. The van der Waals surface area contributed by atoms with Gasteiger partial charge in [-0.3, -0.25) is 4.72 Å². The number of amides is 2. The third-order valence-electron chi connectivity index (χ3n) is 4.28. The van der Waals surface area contributed by atoms with Gasteiger partial charge in [0.05, 0.1) is 10.6 Å². The highest BCUT2D eigenvalue weighted by molar-refractivity contribution is 7.92. The highest BCUT2D eigenvalue weighted by atomic mass is 35.5. The first-order valence-electron chi connectivity index (χ1n) is 8.78. The van der Waals surface area contributed by atoms with Gasteiger partial charge >= 0.3 is 6.03 Å². The Bertz CT molecular complexity index is 1150. The molecule has 0 unspecified atom stereocenters. The number of sulfonamides is 1. The Kier molecular flexibility index (Phi) is 6.10. The lowest BCUT2D eigenvalue weighted by molar-refractivity contribution is 0.262. The number of carbonyl (C=O) groups is 1. The molecular formula is C21H20ClN3O3S. The molecule has 0 radical (unpaired) electrons. The van der Waals surface area contributed by atoms with Crippen molar-refractivity contribution in [2.45, 2.75) is 18.7 Å². The second-order valence-corrected chi connectivity index (χ2v) is 8.50. The van der Waals surface area contributed by atoms with Crippen molar-refractivity contribution in [3.8, 4) is 0 Å². The molecule has 0 heterocycles. The van der Waals surface area contributed by atoms with Gasteiger partial charge in [-0.2, -0.15) is 0 Å². The molecule has 0 atom stereocenters. The minimum absolute atomic E-state index is 0.101. The maximum atomic E-state index is 12.8. The molecule has 0 aliphatic rings. The number of para-hydroxylation sites is 1. The zero-order valence-electron chi connectivity index (χ0n) is 15.9. The summed E-state index contributed by atoms with van der Waals surface area (Å²) in [6, 6.07) is 18.3. The molecule has 0 fully saturated rings. The van der Waals surface area contributed by atoms with Crippen LogP contribution in [0.4, 0.5) is 21.9 Å². The third kappa shape index (κ3) is 5.07. The minimum atomic E-state index is -3.85. The van der Waals surface area contributed by atoms with E-state index >= 15 is 0 Å². The quantitative estimate of drug-likeness (QED) is 0.507. The molecule has 3 N–H and O–H groups in total. The molecule has 29 heavy (non-hydrogen) atoms. The van der Waals surface area contributed by atoms with Crippen LogP contribution in [0.25, 0.3) is 0 Å². The fourth-order valence-corrected chi connectivity index (χ4v) is 4.32. The lowest BCUT2D eigenvalue weighted by atomic mass is 10.2. The number of carbonyl (C=O) groups excluding carboxylic acids is 1. The van der Waals surface area contributed by atoms with Gasteiger partial charge in [0.1, 0.15) is 0 Å². The first-order chi connectivity index (χ1) is 13.8. The van der Waals surface area contributed by atoms with Gasteiger partial charge in [0.15, 0.2) is 0 Å². The van der Waals surface area contributed by atoms with E-state index in [1.54, 1.807) is 56.3 Å². The number of rotatable bonds is 5. The summed E-state index contributed by atoms with van der Waals surface area (Å²) in [5.74, 6) is 0. The van der Waals surface area contributed by atoms with Gasteiger partial charge in [0.2, 0.25) is 0 Å². The number of halogens is 1. The lowest BCUT2D eigenvalue weighted by Crippen LogP contribution is -2.20. The molecule has 0 aromatic heterocycles. The maximum absolute atomic E-state index is 12.8. The Morgan fingerprint density at radius 2 is 1.55 bits per heavy atom. The van der Waals surface area contributed by atoms with Gasteiger partial charge in [-0.05, 0) is 61.4 Å². The second kappa shape index (κ2) is 8.55. The molecule has 3 rings (SSSR count). The van der Waals surface area contributed by atoms with E-state index in [-0.39, 0.29) is 4.90 Å². The van der Waals surface area contributed by atoms with E-state index in [2.05, 4.69) is 15.4 Å². The number of hydrogen-bond donors (Lipinski definition) is 3. The minimum Gasteiger partial charge on any atom is -0.308 e. The summed E-state index contributed by atoms with van der Waals surface area (Å²) in [5.41, 5.74) is 2.64. The van der Waals surface area contributed by atoms with E-state index in [0.717, 1.165) is 0 Å². The molecule has 0 aliphatic heterocycles. The third-order valence-corrected chi connectivity index (χ3v) is 6.20. The SMILES string of the molecule is Cc1ccc(NC(=O)Nc2ccccc2)cc1NS(=O)(=O)c1cccc(Cl)c1C. The summed E-state index contributed by atoms with van der Waals surface area (Å²) >= 11 is 6.06. The van der Waals surface area contributed by atoms with Gasteiger partial charge in [-0.25, -0.2) is 13.2 Å². The summed E-state index contributed by atoms with van der Waals surface area (Å²) in [7, 11) is -3.85.